The lowest BCUT2D eigenvalue weighted by atomic mass is 9.66. The zero-order valence-corrected chi connectivity index (χ0v) is 10.5. The molecule has 0 amide bonds. The largest absolute Gasteiger partial charge is 0.384 e. The summed E-state index contributed by atoms with van der Waals surface area (Å²) in [7, 11) is 1.77. The number of rotatable bonds is 7. The molecule has 0 saturated carbocycles. The topological polar surface area (TPSA) is 35.2 Å². The van der Waals surface area contributed by atoms with Crippen molar-refractivity contribution in [3.63, 3.8) is 0 Å². The minimum atomic E-state index is 0.165. The van der Waals surface area contributed by atoms with Crippen LogP contribution in [0.4, 0.5) is 0 Å². The first kappa shape index (κ1) is 13.9. The van der Waals surface area contributed by atoms with E-state index in [1.54, 1.807) is 7.11 Å². The molecule has 86 valence electrons. The van der Waals surface area contributed by atoms with E-state index in [0.717, 1.165) is 13.2 Å². The van der Waals surface area contributed by atoms with E-state index in [1.807, 2.05) is 0 Å². The van der Waals surface area contributed by atoms with Crippen LogP contribution < -0.4 is 5.73 Å². The predicted octanol–water partition coefficient (Wildman–Crippen LogP) is 2.67. The summed E-state index contributed by atoms with van der Waals surface area (Å²) >= 11 is 0. The molecule has 0 aliphatic carbocycles. The first-order chi connectivity index (χ1) is 6.58. The number of hydrogen-bond acceptors (Lipinski definition) is 2. The molecule has 0 radical (unpaired) electrons. The molecule has 2 unspecified atom stereocenters. The van der Waals surface area contributed by atoms with Gasteiger partial charge in [-0.25, -0.2) is 0 Å². The molecule has 0 aromatic rings. The van der Waals surface area contributed by atoms with Crippen molar-refractivity contribution in [2.24, 2.45) is 23.0 Å². The van der Waals surface area contributed by atoms with Crippen molar-refractivity contribution >= 4 is 0 Å². The van der Waals surface area contributed by atoms with Crippen LogP contribution in [-0.4, -0.2) is 20.3 Å². The van der Waals surface area contributed by atoms with Gasteiger partial charge in [0.15, 0.2) is 0 Å². The molecule has 0 heterocycles. The van der Waals surface area contributed by atoms with Gasteiger partial charge in [-0.1, -0.05) is 40.5 Å². The van der Waals surface area contributed by atoms with Crippen molar-refractivity contribution in [3.05, 3.63) is 0 Å². The molecule has 2 heteroatoms. The van der Waals surface area contributed by atoms with Gasteiger partial charge in [0, 0.05) is 19.1 Å². The van der Waals surface area contributed by atoms with Crippen LogP contribution in [0.25, 0.3) is 0 Å². The summed E-state index contributed by atoms with van der Waals surface area (Å²) < 4.78 is 5.36. The molecule has 2 N–H and O–H groups in total. The maximum Gasteiger partial charge on any atom is 0.0535 e. The van der Waals surface area contributed by atoms with Crippen molar-refractivity contribution in [2.45, 2.75) is 40.5 Å². The highest BCUT2D eigenvalue weighted by Gasteiger charge is 2.38. The van der Waals surface area contributed by atoms with E-state index >= 15 is 0 Å². The predicted molar refractivity (Wildman–Crippen MR) is 62.3 cm³/mol. The van der Waals surface area contributed by atoms with Gasteiger partial charge in [0.2, 0.25) is 0 Å². The van der Waals surface area contributed by atoms with Crippen LogP contribution in [0.2, 0.25) is 0 Å². The summed E-state index contributed by atoms with van der Waals surface area (Å²) in [6.45, 7) is 10.6. The monoisotopic (exact) mass is 201 g/mol. The van der Waals surface area contributed by atoms with Crippen LogP contribution in [0.3, 0.4) is 0 Å². The second-order valence-corrected chi connectivity index (χ2v) is 4.49. The molecule has 2 nitrogen and oxygen atoms in total. The number of nitrogens with two attached hydrogens (primary N) is 1. The van der Waals surface area contributed by atoms with Crippen molar-refractivity contribution in [3.8, 4) is 0 Å². The van der Waals surface area contributed by atoms with Gasteiger partial charge in [-0.3, -0.25) is 0 Å². The van der Waals surface area contributed by atoms with Crippen LogP contribution >= 0.6 is 0 Å². The zero-order valence-electron chi connectivity index (χ0n) is 10.5. The van der Waals surface area contributed by atoms with Gasteiger partial charge in [-0.2, -0.15) is 0 Å². The minimum absolute atomic E-state index is 0.165. The van der Waals surface area contributed by atoms with Gasteiger partial charge >= 0.3 is 0 Å². The molecular weight excluding hydrogens is 174 g/mol. The van der Waals surface area contributed by atoms with Crippen molar-refractivity contribution in [1.29, 1.82) is 0 Å². The van der Waals surface area contributed by atoms with Crippen LogP contribution in [0, 0.1) is 17.3 Å². The van der Waals surface area contributed by atoms with Gasteiger partial charge in [0.05, 0.1) is 6.61 Å². The Labute approximate surface area is 89.2 Å². The van der Waals surface area contributed by atoms with E-state index in [9.17, 15) is 0 Å². The van der Waals surface area contributed by atoms with Gasteiger partial charge in [0.1, 0.15) is 0 Å². The fourth-order valence-corrected chi connectivity index (χ4v) is 2.31. The number of methoxy groups -OCH3 is 1. The molecule has 2 atom stereocenters. The maximum atomic E-state index is 5.97. The van der Waals surface area contributed by atoms with E-state index in [-0.39, 0.29) is 5.41 Å². The fraction of sp³-hybridized carbons (Fsp3) is 1.00. The second kappa shape index (κ2) is 6.41. The lowest BCUT2D eigenvalue weighted by Gasteiger charge is -2.42. The fourth-order valence-electron chi connectivity index (χ4n) is 2.31. The third kappa shape index (κ3) is 2.71. The lowest BCUT2D eigenvalue weighted by Crippen LogP contribution is -2.45. The Morgan fingerprint density at radius 2 is 1.57 bits per heavy atom. The minimum Gasteiger partial charge on any atom is -0.384 e. The van der Waals surface area contributed by atoms with Crippen LogP contribution in [0.5, 0.6) is 0 Å². The van der Waals surface area contributed by atoms with Crippen LogP contribution in [0.15, 0.2) is 0 Å². The third-order valence-corrected chi connectivity index (χ3v) is 3.98. The lowest BCUT2D eigenvalue weighted by molar-refractivity contribution is -0.00241. The second-order valence-electron chi connectivity index (χ2n) is 4.49. The Balaban J connectivity index is 4.76. The molecule has 0 fully saturated rings. The molecule has 0 spiro atoms. The van der Waals surface area contributed by atoms with Gasteiger partial charge in [-0.15, -0.1) is 0 Å². The Hall–Kier alpha value is -0.0800. The van der Waals surface area contributed by atoms with E-state index < -0.39 is 0 Å². The summed E-state index contributed by atoms with van der Waals surface area (Å²) in [4.78, 5) is 0. The average Bonchev–Trinajstić information content (AvgIpc) is 2.23. The number of ether oxygens (including phenoxy) is 1. The SMILES string of the molecule is CCC(C)C(CN)(COC)C(C)CC. The Morgan fingerprint density at radius 3 is 1.79 bits per heavy atom. The first-order valence-electron chi connectivity index (χ1n) is 5.78. The standard InChI is InChI=1S/C12H27NO/c1-6-10(3)12(8-13,9-14-5)11(4)7-2/h10-11H,6-9,13H2,1-5H3. The summed E-state index contributed by atoms with van der Waals surface area (Å²) in [5.41, 5.74) is 6.13. The smallest absolute Gasteiger partial charge is 0.0535 e. The quantitative estimate of drug-likeness (QED) is 0.687. The molecule has 0 aliphatic rings. The molecule has 0 bridgehead atoms. The van der Waals surface area contributed by atoms with Crippen molar-refractivity contribution in [1.82, 2.24) is 0 Å². The maximum absolute atomic E-state index is 5.97. The summed E-state index contributed by atoms with van der Waals surface area (Å²) in [6, 6.07) is 0. The molecule has 0 aromatic heterocycles. The highest BCUT2D eigenvalue weighted by molar-refractivity contribution is 4.88. The third-order valence-electron chi connectivity index (χ3n) is 3.98. The van der Waals surface area contributed by atoms with Crippen LogP contribution in [0.1, 0.15) is 40.5 Å². The zero-order chi connectivity index (χ0) is 11.2. The molecule has 0 saturated heterocycles. The van der Waals surface area contributed by atoms with Gasteiger partial charge < -0.3 is 10.5 Å². The Morgan fingerprint density at radius 1 is 1.14 bits per heavy atom. The van der Waals surface area contributed by atoms with E-state index in [4.69, 9.17) is 10.5 Å². The van der Waals surface area contributed by atoms with Crippen LogP contribution in [-0.2, 0) is 4.74 Å². The Kier molecular flexibility index (Phi) is 6.38. The van der Waals surface area contributed by atoms with E-state index in [1.165, 1.54) is 12.8 Å². The molecular formula is C12H27NO. The Bertz CT molecular complexity index is 137. The molecule has 14 heavy (non-hydrogen) atoms. The number of hydrogen-bond donors (Lipinski definition) is 1. The van der Waals surface area contributed by atoms with Gasteiger partial charge in [0.25, 0.3) is 0 Å². The van der Waals surface area contributed by atoms with Gasteiger partial charge in [-0.05, 0) is 11.8 Å². The molecule has 0 rings (SSSR count). The highest BCUT2D eigenvalue weighted by Crippen LogP contribution is 2.38. The highest BCUT2D eigenvalue weighted by atomic mass is 16.5. The van der Waals surface area contributed by atoms with E-state index in [0.29, 0.717) is 11.8 Å². The normalized spacial score (nSPS) is 20.1. The summed E-state index contributed by atoms with van der Waals surface area (Å²) in [6.07, 6.45) is 2.34. The van der Waals surface area contributed by atoms with E-state index in [2.05, 4.69) is 27.7 Å². The molecule has 0 aliphatic heterocycles. The molecule has 0 aromatic carbocycles. The average molecular weight is 201 g/mol. The summed E-state index contributed by atoms with van der Waals surface area (Å²) in [5.74, 6) is 1.25. The van der Waals surface area contributed by atoms with Crippen molar-refractivity contribution < 1.29 is 4.74 Å². The first-order valence-corrected chi connectivity index (χ1v) is 5.78. The summed E-state index contributed by atoms with van der Waals surface area (Å²) in [5, 5.41) is 0. The van der Waals surface area contributed by atoms with Crippen molar-refractivity contribution in [2.75, 3.05) is 20.3 Å².